The van der Waals surface area contributed by atoms with Crippen molar-refractivity contribution in [1.29, 1.82) is 0 Å². The number of hydrogen-bond donors (Lipinski definition) is 3. The molecule has 0 aromatic rings. The lowest BCUT2D eigenvalue weighted by Gasteiger charge is -2.20. The van der Waals surface area contributed by atoms with Crippen LogP contribution in [-0.4, -0.2) is 25.0 Å². The quantitative estimate of drug-likeness (QED) is 0.0498. The topological polar surface area (TPSA) is 67.1 Å². The number of hydrogen-bond acceptors (Lipinski definition) is 3. The molecule has 0 saturated carbocycles. The monoisotopic (exact) mass is 604 g/mol. The van der Waals surface area contributed by atoms with Crippen LogP contribution in [0.25, 0.3) is 0 Å². The molecule has 4 heteroatoms. The molecule has 43 heavy (non-hydrogen) atoms. The van der Waals surface area contributed by atoms with Gasteiger partial charge in [-0.05, 0) is 57.9 Å². The fourth-order valence-corrected chi connectivity index (χ4v) is 5.82. The summed E-state index contributed by atoms with van der Waals surface area (Å²) in [5.74, 6) is 0.0749. The fourth-order valence-electron chi connectivity index (χ4n) is 5.82. The van der Waals surface area contributed by atoms with Crippen molar-refractivity contribution in [2.45, 2.75) is 206 Å². The van der Waals surface area contributed by atoms with Gasteiger partial charge < -0.3 is 16.4 Å². The average molecular weight is 604 g/mol. The smallest absolute Gasteiger partial charge is 0.242 e. The van der Waals surface area contributed by atoms with E-state index in [1.165, 1.54) is 161 Å². The van der Waals surface area contributed by atoms with Gasteiger partial charge in [0.25, 0.3) is 0 Å². The van der Waals surface area contributed by atoms with Crippen molar-refractivity contribution in [3.8, 4) is 0 Å². The summed E-state index contributed by atoms with van der Waals surface area (Å²) in [4.78, 5) is 12.7. The van der Waals surface area contributed by atoms with E-state index in [1.807, 2.05) is 0 Å². The van der Waals surface area contributed by atoms with Crippen molar-refractivity contribution in [2.24, 2.45) is 5.73 Å². The van der Waals surface area contributed by atoms with Crippen LogP contribution in [0.1, 0.15) is 200 Å². The lowest BCUT2D eigenvalue weighted by molar-refractivity contribution is -0.123. The summed E-state index contributed by atoms with van der Waals surface area (Å²) in [5, 5.41) is 6.51. The molecule has 0 rings (SSSR count). The molecule has 4 nitrogen and oxygen atoms in total. The summed E-state index contributed by atoms with van der Waals surface area (Å²) < 4.78 is 0. The third-order valence-corrected chi connectivity index (χ3v) is 8.72. The lowest BCUT2D eigenvalue weighted by Crippen LogP contribution is -2.45. The van der Waals surface area contributed by atoms with E-state index in [2.05, 4.69) is 43.2 Å². The lowest BCUT2D eigenvalue weighted by atomic mass is 10.0. The van der Waals surface area contributed by atoms with Crippen LogP contribution in [0.4, 0.5) is 0 Å². The second-order valence-corrected chi connectivity index (χ2v) is 13.1. The number of unbranched alkanes of at least 4 members (excludes halogenated alkanes) is 24. The predicted octanol–water partition coefficient (Wildman–Crippen LogP) is 11.4. The van der Waals surface area contributed by atoms with Crippen molar-refractivity contribution in [3.05, 3.63) is 24.4 Å². The maximum absolute atomic E-state index is 12.7. The van der Waals surface area contributed by atoms with Gasteiger partial charge in [0.1, 0.15) is 6.04 Å². The van der Waals surface area contributed by atoms with Crippen LogP contribution in [0, 0.1) is 0 Å². The SMILES string of the molecule is C=C(CCCCCCC/C=C/CCCCCCCC)NC(CCN)C(=O)NCCCCCCCCCCCCCCCC. The minimum absolute atomic E-state index is 0.0749. The Bertz CT molecular complexity index is 618. The number of carbonyl (C=O) groups excluding carboxylic acids is 1. The van der Waals surface area contributed by atoms with Crippen molar-refractivity contribution in [1.82, 2.24) is 10.6 Å². The Morgan fingerprint density at radius 2 is 1.00 bits per heavy atom. The summed E-state index contributed by atoms with van der Waals surface area (Å²) in [6.07, 6.45) is 42.3. The van der Waals surface area contributed by atoms with Gasteiger partial charge in [0, 0.05) is 12.2 Å². The Morgan fingerprint density at radius 3 is 1.44 bits per heavy atom. The second-order valence-electron chi connectivity index (χ2n) is 13.1. The molecule has 254 valence electrons. The summed E-state index contributed by atoms with van der Waals surface area (Å²) in [6.45, 7) is 10.0. The molecule has 0 saturated heterocycles. The highest BCUT2D eigenvalue weighted by Gasteiger charge is 2.17. The first-order chi connectivity index (χ1) is 21.2. The van der Waals surface area contributed by atoms with Crippen LogP contribution in [0.3, 0.4) is 0 Å². The highest BCUT2D eigenvalue weighted by atomic mass is 16.2. The van der Waals surface area contributed by atoms with E-state index in [4.69, 9.17) is 5.73 Å². The minimum Gasteiger partial charge on any atom is -0.377 e. The molecule has 0 bridgehead atoms. The van der Waals surface area contributed by atoms with E-state index in [0.29, 0.717) is 13.0 Å². The van der Waals surface area contributed by atoms with Gasteiger partial charge in [-0.25, -0.2) is 0 Å². The molecule has 0 radical (unpaired) electrons. The molecule has 0 fully saturated rings. The molecular weight excluding hydrogens is 526 g/mol. The van der Waals surface area contributed by atoms with Gasteiger partial charge in [0.05, 0.1) is 0 Å². The normalized spacial score (nSPS) is 12.2. The first kappa shape index (κ1) is 41.7. The standard InChI is InChI=1S/C39H77N3O/c1-4-6-8-10-12-14-16-18-20-21-23-25-27-29-31-33-37(3)42-38(34-35-40)39(43)41-36-32-30-28-26-24-22-19-17-15-13-11-9-7-5-2/h18,20,38,42H,3-17,19,21-36,40H2,1-2H3,(H,41,43)/b20-18+. The highest BCUT2D eigenvalue weighted by molar-refractivity contribution is 5.81. The van der Waals surface area contributed by atoms with Crippen molar-refractivity contribution < 1.29 is 4.79 Å². The van der Waals surface area contributed by atoms with Crippen LogP contribution in [-0.2, 0) is 4.79 Å². The maximum Gasteiger partial charge on any atom is 0.242 e. The Hall–Kier alpha value is -1.29. The van der Waals surface area contributed by atoms with Crippen molar-refractivity contribution in [3.63, 3.8) is 0 Å². The third-order valence-electron chi connectivity index (χ3n) is 8.72. The van der Waals surface area contributed by atoms with Crippen molar-refractivity contribution >= 4 is 5.91 Å². The Morgan fingerprint density at radius 1 is 0.605 bits per heavy atom. The summed E-state index contributed by atoms with van der Waals surface area (Å²) >= 11 is 0. The summed E-state index contributed by atoms with van der Waals surface area (Å²) in [6, 6.07) is -0.257. The third kappa shape index (κ3) is 31.9. The van der Waals surface area contributed by atoms with Gasteiger partial charge in [0.15, 0.2) is 0 Å². The first-order valence-electron chi connectivity index (χ1n) is 19.2. The molecule has 0 aliphatic rings. The van der Waals surface area contributed by atoms with E-state index in [1.54, 1.807) is 0 Å². The molecule has 0 spiro atoms. The first-order valence-corrected chi connectivity index (χ1v) is 19.2. The van der Waals surface area contributed by atoms with E-state index in [9.17, 15) is 4.79 Å². The molecule has 0 aromatic heterocycles. The van der Waals surface area contributed by atoms with E-state index < -0.39 is 0 Å². The van der Waals surface area contributed by atoms with Gasteiger partial charge in [-0.15, -0.1) is 0 Å². The number of nitrogens with one attached hydrogen (secondary N) is 2. The zero-order valence-electron chi connectivity index (χ0n) is 29.3. The summed E-state index contributed by atoms with van der Waals surface area (Å²) in [5.41, 5.74) is 6.78. The molecule has 4 N–H and O–H groups in total. The minimum atomic E-state index is -0.257. The molecule has 0 aromatic carbocycles. The van der Waals surface area contributed by atoms with Crippen LogP contribution in [0.2, 0.25) is 0 Å². The Labute approximate surface area is 270 Å². The number of nitrogens with two attached hydrogens (primary N) is 1. The number of amides is 1. The maximum atomic E-state index is 12.7. The second kappa shape index (κ2) is 35.2. The Balaban J connectivity index is 3.67. The van der Waals surface area contributed by atoms with Gasteiger partial charge in [-0.3, -0.25) is 4.79 Å². The molecule has 0 aliphatic heterocycles. The summed E-state index contributed by atoms with van der Waals surface area (Å²) in [7, 11) is 0. The van der Waals surface area contributed by atoms with Gasteiger partial charge in [-0.1, -0.05) is 167 Å². The molecule has 0 aliphatic carbocycles. The number of rotatable bonds is 35. The number of carbonyl (C=O) groups is 1. The zero-order chi connectivity index (χ0) is 31.5. The van der Waals surface area contributed by atoms with Crippen LogP contribution in [0.5, 0.6) is 0 Å². The van der Waals surface area contributed by atoms with E-state index >= 15 is 0 Å². The van der Waals surface area contributed by atoms with Crippen LogP contribution < -0.4 is 16.4 Å². The average Bonchev–Trinajstić information content (AvgIpc) is 3.00. The van der Waals surface area contributed by atoms with E-state index in [-0.39, 0.29) is 11.9 Å². The molecule has 0 heterocycles. The van der Waals surface area contributed by atoms with Crippen LogP contribution >= 0.6 is 0 Å². The molecule has 1 atom stereocenters. The molecule has 1 amide bonds. The van der Waals surface area contributed by atoms with Gasteiger partial charge in [0.2, 0.25) is 5.91 Å². The molecular formula is C39H77N3O. The highest BCUT2D eigenvalue weighted by Crippen LogP contribution is 2.14. The Kier molecular flexibility index (Phi) is 34.1. The number of allylic oxidation sites excluding steroid dienone is 3. The van der Waals surface area contributed by atoms with Gasteiger partial charge in [-0.2, -0.15) is 0 Å². The van der Waals surface area contributed by atoms with Gasteiger partial charge >= 0.3 is 0 Å². The largest absolute Gasteiger partial charge is 0.377 e. The fraction of sp³-hybridized carbons (Fsp3) is 0.872. The van der Waals surface area contributed by atoms with E-state index in [0.717, 1.165) is 31.5 Å². The zero-order valence-corrected chi connectivity index (χ0v) is 29.3. The predicted molar refractivity (Wildman–Crippen MR) is 193 cm³/mol. The van der Waals surface area contributed by atoms with Crippen LogP contribution in [0.15, 0.2) is 24.4 Å². The van der Waals surface area contributed by atoms with Crippen molar-refractivity contribution in [2.75, 3.05) is 13.1 Å². The molecule has 1 unspecified atom stereocenters.